The SMILES string of the molecule is C[C@H]1CC(C(=O)OC(C)(C)C)CCN1Cc1cccc(-c2ccnc(NCCc3ccc(O)cc3)n2)c1. The molecule has 1 unspecified atom stereocenters. The molecule has 1 aliphatic heterocycles. The van der Waals surface area contributed by atoms with Crippen LogP contribution in [0.15, 0.2) is 60.8 Å². The van der Waals surface area contributed by atoms with Gasteiger partial charge in [0.1, 0.15) is 11.4 Å². The van der Waals surface area contributed by atoms with Crippen molar-refractivity contribution in [3.05, 3.63) is 71.9 Å². The van der Waals surface area contributed by atoms with Gasteiger partial charge < -0.3 is 15.2 Å². The molecule has 0 radical (unpaired) electrons. The molecule has 196 valence electrons. The minimum absolute atomic E-state index is 0.0298. The Kier molecular flexibility index (Phi) is 8.44. The Hall–Kier alpha value is -3.45. The molecule has 0 saturated carbocycles. The van der Waals surface area contributed by atoms with Crippen LogP contribution >= 0.6 is 0 Å². The molecule has 7 heteroatoms. The Labute approximate surface area is 219 Å². The zero-order chi connectivity index (χ0) is 26.4. The lowest BCUT2D eigenvalue weighted by Gasteiger charge is -2.37. The van der Waals surface area contributed by atoms with E-state index in [4.69, 9.17) is 9.72 Å². The number of nitrogens with zero attached hydrogens (tertiary/aromatic N) is 3. The second-order valence-electron chi connectivity index (χ2n) is 10.9. The Morgan fingerprint density at radius 1 is 1.14 bits per heavy atom. The number of benzene rings is 2. The van der Waals surface area contributed by atoms with Gasteiger partial charge in [-0.2, -0.15) is 0 Å². The van der Waals surface area contributed by atoms with E-state index in [-0.39, 0.29) is 17.6 Å². The van der Waals surface area contributed by atoms with Gasteiger partial charge in [0.05, 0.1) is 11.6 Å². The number of rotatable bonds is 8. The highest BCUT2D eigenvalue weighted by atomic mass is 16.6. The Balaban J connectivity index is 1.34. The summed E-state index contributed by atoms with van der Waals surface area (Å²) in [4.78, 5) is 24.1. The lowest BCUT2D eigenvalue weighted by molar-refractivity contribution is -0.162. The van der Waals surface area contributed by atoms with Crippen LogP contribution in [0.1, 0.15) is 51.7 Å². The second-order valence-corrected chi connectivity index (χ2v) is 10.9. The van der Waals surface area contributed by atoms with Crippen LogP contribution in [0.25, 0.3) is 11.3 Å². The van der Waals surface area contributed by atoms with Gasteiger partial charge in [0.2, 0.25) is 5.95 Å². The van der Waals surface area contributed by atoms with Gasteiger partial charge in [-0.1, -0.05) is 30.3 Å². The van der Waals surface area contributed by atoms with Gasteiger partial charge in [-0.15, -0.1) is 0 Å². The standard InChI is InChI=1S/C30H38N4O3/c1-21-18-25(28(36)37-30(2,3)4)14-17-34(21)20-23-6-5-7-24(19-23)27-13-16-32-29(33-27)31-15-12-22-8-10-26(35)11-9-22/h5-11,13,16,19,21,25,35H,12,14-15,17-18,20H2,1-4H3,(H,31,32,33)/t21-,25?/m0/s1. The fourth-order valence-corrected chi connectivity index (χ4v) is 4.70. The average molecular weight is 503 g/mol. The smallest absolute Gasteiger partial charge is 0.309 e. The molecule has 0 aliphatic carbocycles. The van der Waals surface area contributed by atoms with E-state index in [9.17, 15) is 9.90 Å². The number of carbonyl (C=O) groups excluding carboxylic acids is 1. The maximum Gasteiger partial charge on any atom is 0.309 e. The molecule has 1 saturated heterocycles. The maximum absolute atomic E-state index is 12.5. The number of anilines is 1. The van der Waals surface area contributed by atoms with Crippen molar-refractivity contribution in [3.8, 4) is 17.0 Å². The molecule has 2 N–H and O–H groups in total. The normalized spacial score (nSPS) is 18.4. The number of piperidine rings is 1. The van der Waals surface area contributed by atoms with Crippen LogP contribution in [0.5, 0.6) is 5.75 Å². The van der Waals surface area contributed by atoms with Crippen molar-refractivity contribution >= 4 is 11.9 Å². The van der Waals surface area contributed by atoms with Crippen molar-refractivity contribution in [2.24, 2.45) is 5.92 Å². The predicted molar refractivity (Wildman–Crippen MR) is 146 cm³/mol. The Morgan fingerprint density at radius 2 is 1.92 bits per heavy atom. The van der Waals surface area contributed by atoms with E-state index in [2.05, 4.69) is 46.4 Å². The topological polar surface area (TPSA) is 87.6 Å². The van der Waals surface area contributed by atoms with E-state index in [0.717, 1.165) is 49.2 Å². The molecule has 37 heavy (non-hydrogen) atoms. The summed E-state index contributed by atoms with van der Waals surface area (Å²) in [5, 5.41) is 12.7. The van der Waals surface area contributed by atoms with Crippen LogP contribution in [0.4, 0.5) is 5.95 Å². The van der Waals surface area contributed by atoms with Crippen LogP contribution in [-0.4, -0.2) is 50.7 Å². The van der Waals surface area contributed by atoms with Crippen molar-refractivity contribution in [2.45, 2.75) is 65.1 Å². The average Bonchev–Trinajstić information content (AvgIpc) is 2.86. The number of nitrogens with one attached hydrogen (secondary N) is 1. The largest absolute Gasteiger partial charge is 0.508 e. The van der Waals surface area contributed by atoms with Gasteiger partial charge in [-0.3, -0.25) is 9.69 Å². The molecule has 3 aromatic rings. The number of phenols is 1. The number of hydrogen-bond acceptors (Lipinski definition) is 7. The van der Waals surface area contributed by atoms with E-state index in [1.165, 1.54) is 5.56 Å². The number of aromatic hydroxyl groups is 1. The molecular weight excluding hydrogens is 464 g/mol. The monoisotopic (exact) mass is 502 g/mol. The van der Waals surface area contributed by atoms with E-state index < -0.39 is 5.60 Å². The van der Waals surface area contributed by atoms with E-state index in [1.807, 2.05) is 39.0 Å². The first-order valence-electron chi connectivity index (χ1n) is 13.1. The number of carbonyl (C=O) groups is 1. The first-order chi connectivity index (χ1) is 17.7. The van der Waals surface area contributed by atoms with E-state index in [0.29, 0.717) is 18.5 Å². The van der Waals surface area contributed by atoms with Crippen LogP contribution < -0.4 is 5.32 Å². The molecule has 7 nitrogen and oxygen atoms in total. The third kappa shape index (κ3) is 7.76. The fourth-order valence-electron chi connectivity index (χ4n) is 4.70. The molecule has 0 amide bonds. The highest BCUT2D eigenvalue weighted by Crippen LogP contribution is 2.28. The van der Waals surface area contributed by atoms with Gasteiger partial charge in [-0.05, 0) is 88.9 Å². The van der Waals surface area contributed by atoms with Gasteiger partial charge in [0, 0.05) is 30.9 Å². The summed E-state index contributed by atoms with van der Waals surface area (Å²) in [6, 6.07) is 17.9. The van der Waals surface area contributed by atoms with Gasteiger partial charge in [0.15, 0.2) is 0 Å². The summed E-state index contributed by atoms with van der Waals surface area (Å²) in [5.74, 6) is 0.768. The number of esters is 1. The summed E-state index contributed by atoms with van der Waals surface area (Å²) in [6.45, 7) is 10.4. The van der Waals surface area contributed by atoms with E-state index >= 15 is 0 Å². The van der Waals surface area contributed by atoms with Gasteiger partial charge in [-0.25, -0.2) is 9.97 Å². The molecule has 4 rings (SSSR count). The molecule has 2 atom stereocenters. The van der Waals surface area contributed by atoms with Crippen molar-refractivity contribution in [1.29, 1.82) is 0 Å². The first kappa shape index (κ1) is 26.6. The number of likely N-dealkylation sites (tertiary alicyclic amines) is 1. The summed E-state index contributed by atoms with van der Waals surface area (Å²) < 4.78 is 5.62. The van der Waals surface area contributed by atoms with E-state index in [1.54, 1.807) is 18.3 Å². The maximum atomic E-state index is 12.5. The fraction of sp³-hybridized carbons (Fsp3) is 0.433. The predicted octanol–water partition coefficient (Wildman–Crippen LogP) is 5.45. The molecule has 1 aromatic heterocycles. The lowest BCUT2D eigenvalue weighted by Crippen LogP contribution is -2.43. The number of hydrogen-bond donors (Lipinski definition) is 2. The van der Waals surface area contributed by atoms with Gasteiger partial charge in [0.25, 0.3) is 0 Å². The van der Waals surface area contributed by atoms with Crippen molar-refractivity contribution < 1.29 is 14.6 Å². The van der Waals surface area contributed by atoms with Gasteiger partial charge >= 0.3 is 5.97 Å². The van der Waals surface area contributed by atoms with Crippen molar-refractivity contribution in [3.63, 3.8) is 0 Å². The minimum Gasteiger partial charge on any atom is -0.508 e. The molecule has 2 aromatic carbocycles. The zero-order valence-corrected chi connectivity index (χ0v) is 22.3. The lowest BCUT2D eigenvalue weighted by atomic mass is 9.91. The highest BCUT2D eigenvalue weighted by Gasteiger charge is 2.32. The molecule has 1 fully saturated rings. The number of ether oxygens (including phenoxy) is 1. The minimum atomic E-state index is -0.443. The zero-order valence-electron chi connectivity index (χ0n) is 22.3. The Morgan fingerprint density at radius 3 is 2.65 bits per heavy atom. The summed E-state index contributed by atoms with van der Waals surface area (Å²) >= 11 is 0. The highest BCUT2D eigenvalue weighted by molar-refractivity contribution is 5.73. The third-order valence-electron chi connectivity index (χ3n) is 6.65. The number of phenolic OH excluding ortho intramolecular Hbond substituents is 1. The summed E-state index contributed by atoms with van der Waals surface area (Å²) in [5.41, 5.74) is 3.85. The molecule has 1 aliphatic rings. The first-order valence-corrected chi connectivity index (χ1v) is 13.1. The molecule has 0 spiro atoms. The van der Waals surface area contributed by atoms with Crippen LogP contribution in [0.2, 0.25) is 0 Å². The third-order valence-corrected chi connectivity index (χ3v) is 6.65. The second kappa shape index (κ2) is 11.7. The molecular formula is C30H38N4O3. The summed E-state index contributed by atoms with van der Waals surface area (Å²) in [6.07, 6.45) is 4.23. The Bertz CT molecular complexity index is 1190. The van der Waals surface area contributed by atoms with Crippen LogP contribution in [0.3, 0.4) is 0 Å². The molecule has 2 heterocycles. The van der Waals surface area contributed by atoms with Crippen LogP contribution in [-0.2, 0) is 22.5 Å². The molecule has 0 bridgehead atoms. The van der Waals surface area contributed by atoms with Crippen LogP contribution in [0, 0.1) is 5.92 Å². The van der Waals surface area contributed by atoms with Crippen molar-refractivity contribution in [1.82, 2.24) is 14.9 Å². The van der Waals surface area contributed by atoms with Crippen molar-refractivity contribution in [2.75, 3.05) is 18.4 Å². The quantitative estimate of drug-likeness (QED) is 0.396. The summed E-state index contributed by atoms with van der Waals surface area (Å²) in [7, 11) is 0. The number of aromatic nitrogens is 2.